The third kappa shape index (κ3) is 4.00. The second-order valence-electron chi connectivity index (χ2n) is 10.1. The van der Waals surface area contributed by atoms with E-state index in [1.807, 2.05) is 6.92 Å². The first-order valence-corrected chi connectivity index (χ1v) is 13.0. The van der Waals surface area contributed by atoms with Crippen molar-refractivity contribution in [1.82, 2.24) is 19.6 Å². The molecule has 1 saturated carbocycles. The van der Waals surface area contributed by atoms with Crippen molar-refractivity contribution in [3.05, 3.63) is 57.5 Å². The number of carbonyl (C=O) groups is 1. The molecule has 2 heterocycles. The van der Waals surface area contributed by atoms with Crippen LogP contribution in [0.1, 0.15) is 61.5 Å². The summed E-state index contributed by atoms with van der Waals surface area (Å²) in [6.45, 7) is 6.36. The van der Waals surface area contributed by atoms with E-state index in [0.717, 1.165) is 12.7 Å². The number of fused-ring (bicyclic) bond motifs is 3. The van der Waals surface area contributed by atoms with E-state index in [2.05, 4.69) is 28.9 Å². The summed E-state index contributed by atoms with van der Waals surface area (Å²) in [7, 11) is -3.70. The first kappa shape index (κ1) is 24.3. The number of benzene rings is 1. The highest BCUT2D eigenvalue weighted by Crippen LogP contribution is 2.63. The molecule has 2 aromatic rings. The Kier molecular flexibility index (Phi) is 5.84. The summed E-state index contributed by atoms with van der Waals surface area (Å²) in [5, 5.41) is 13.2. The van der Waals surface area contributed by atoms with Crippen molar-refractivity contribution >= 4 is 15.9 Å². The van der Waals surface area contributed by atoms with Gasteiger partial charge in [-0.15, -0.1) is 0 Å². The Morgan fingerprint density at radius 3 is 2.53 bits per heavy atom. The molecular weight excluding hydrogens is 463 g/mol. The molecule has 34 heavy (non-hydrogen) atoms. The number of aromatic nitrogens is 2. The van der Waals surface area contributed by atoms with Crippen LogP contribution in [0.15, 0.2) is 29.1 Å². The van der Waals surface area contributed by atoms with E-state index in [0.29, 0.717) is 12.0 Å². The van der Waals surface area contributed by atoms with E-state index >= 15 is 0 Å². The monoisotopic (exact) mass is 492 g/mol. The van der Waals surface area contributed by atoms with Gasteiger partial charge in [0, 0.05) is 13.1 Å². The number of hydrogen-bond donors (Lipinski definition) is 3. The minimum atomic E-state index is -3.70. The van der Waals surface area contributed by atoms with Gasteiger partial charge in [-0.1, -0.05) is 32.9 Å². The van der Waals surface area contributed by atoms with E-state index in [1.165, 1.54) is 28.8 Å². The Bertz CT molecular complexity index is 1310. The van der Waals surface area contributed by atoms with Gasteiger partial charge < -0.3 is 10.4 Å². The summed E-state index contributed by atoms with van der Waals surface area (Å²) in [6.07, 6.45) is 2.54. The summed E-state index contributed by atoms with van der Waals surface area (Å²) >= 11 is 0. The lowest BCUT2D eigenvalue weighted by Crippen LogP contribution is -2.46. The number of halogens is 1. The first-order valence-electron chi connectivity index (χ1n) is 11.1. The van der Waals surface area contributed by atoms with E-state index in [1.54, 1.807) is 0 Å². The maximum absolute atomic E-state index is 13.2. The van der Waals surface area contributed by atoms with Crippen LogP contribution in [0.25, 0.3) is 0 Å². The average Bonchev–Trinajstić information content (AvgIpc) is 2.94. The molecule has 3 atom stereocenters. The molecule has 2 aliphatic rings. The van der Waals surface area contributed by atoms with Gasteiger partial charge in [0.1, 0.15) is 11.6 Å². The lowest BCUT2D eigenvalue weighted by molar-refractivity contribution is 0.0596. The number of hydrogen-bond acceptors (Lipinski definition) is 6. The highest BCUT2D eigenvalue weighted by molar-refractivity contribution is 7.88. The normalized spacial score (nSPS) is 25.4. The molecular formula is C23H29FN4O5S. The zero-order valence-electron chi connectivity index (χ0n) is 19.6. The summed E-state index contributed by atoms with van der Waals surface area (Å²) < 4.78 is 41.7. The van der Waals surface area contributed by atoms with Crippen LogP contribution in [0.5, 0.6) is 5.75 Å². The Labute approximate surface area is 197 Å². The number of rotatable bonds is 5. The van der Waals surface area contributed by atoms with E-state index in [9.17, 15) is 27.5 Å². The number of amides is 1. The molecule has 0 radical (unpaired) electrons. The number of nitrogens with one attached hydrogen (secondary N) is 2. The van der Waals surface area contributed by atoms with Crippen LogP contribution in [0.3, 0.4) is 0 Å². The molecule has 9 nitrogen and oxygen atoms in total. The standard InChI is InChI=1S/C23H29FN4O5S/c1-22(2)14-9-10-23(22,3)18(27-34(4,32)33)19-26-16(17(29)21(31)28(19)12-14)20(30)25-11-13-5-7-15(24)8-6-13/h5-8,14,18,27,29H,9-12H2,1-4H3,(H,25,30)/t14-,18+,23+/m1/s1. The van der Waals surface area contributed by atoms with Gasteiger partial charge in [-0.3, -0.25) is 14.2 Å². The van der Waals surface area contributed by atoms with Crippen molar-refractivity contribution in [3.63, 3.8) is 0 Å². The lowest BCUT2D eigenvalue weighted by Gasteiger charge is -2.44. The number of sulfonamides is 1. The zero-order valence-corrected chi connectivity index (χ0v) is 20.4. The van der Waals surface area contributed by atoms with Crippen LogP contribution >= 0.6 is 0 Å². The molecule has 11 heteroatoms. The second kappa shape index (κ2) is 8.16. The molecule has 0 unspecified atom stereocenters. The lowest BCUT2D eigenvalue weighted by atomic mass is 9.62. The van der Waals surface area contributed by atoms with E-state index in [4.69, 9.17) is 0 Å². The van der Waals surface area contributed by atoms with Gasteiger partial charge in [-0.05, 0) is 47.3 Å². The Hall–Kier alpha value is -2.79. The van der Waals surface area contributed by atoms with E-state index in [-0.39, 0.29) is 30.2 Å². The van der Waals surface area contributed by atoms with Crippen molar-refractivity contribution in [2.75, 3.05) is 6.26 Å². The molecule has 1 amide bonds. The van der Waals surface area contributed by atoms with Crippen LogP contribution in [0.2, 0.25) is 0 Å². The molecule has 184 valence electrons. The molecule has 4 rings (SSSR count). The third-order valence-corrected chi connectivity index (χ3v) is 8.56. The van der Waals surface area contributed by atoms with Crippen molar-refractivity contribution in [3.8, 4) is 5.75 Å². The molecule has 1 aliphatic heterocycles. The SMILES string of the molecule is CC1(C)[C@@H]2CC[C@@]1(C)[C@@H](NS(C)(=O)=O)c1nc(C(=O)NCc3ccc(F)cc3)c(O)c(=O)n1C2. The van der Waals surface area contributed by atoms with Gasteiger partial charge in [-0.25, -0.2) is 22.5 Å². The zero-order chi connectivity index (χ0) is 25.1. The van der Waals surface area contributed by atoms with Crippen LogP contribution in [0, 0.1) is 22.6 Å². The van der Waals surface area contributed by atoms with Gasteiger partial charge in [-0.2, -0.15) is 0 Å². The minimum absolute atomic E-state index is 0.0243. The fourth-order valence-corrected chi connectivity index (χ4v) is 6.14. The highest BCUT2D eigenvalue weighted by Gasteiger charge is 2.59. The number of aromatic hydroxyl groups is 1. The quantitative estimate of drug-likeness (QED) is 0.586. The third-order valence-electron chi connectivity index (χ3n) is 7.89. The molecule has 0 saturated heterocycles. The van der Waals surface area contributed by atoms with Crippen LogP contribution in [0.4, 0.5) is 4.39 Å². The minimum Gasteiger partial charge on any atom is -0.501 e. The van der Waals surface area contributed by atoms with E-state index < -0.39 is 50.2 Å². The fourth-order valence-electron chi connectivity index (χ4n) is 5.35. The second-order valence-corrected chi connectivity index (χ2v) is 11.9. The maximum atomic E-state index is 13.2. The van der Waals surface area contributed by atoms with Gasteiger partial charge in [0.25, 0.3) is 11.5 Å². The van der Waals surface area contributed by atoms with Crippen molar-refractivity contribution in [2.24, 2.45) is 16.7 Å². The molecule has 1 aliphatic carbocycles. The molecule has 0 spiro atoms. The van der Waals surface area contributed by atoms with Gasteiger partial charge in [0.2, 0.25) is 15.8 Å². The number of carbonyl (C=O) groups excluding carboxylic acids is 1. The Balaban J connectivity index is 1.79. The predicted molar refractivity (Wildman–Crippen MR) is 123 cm³/mol. The maximum Gasteiger partial charge on any atom is 0.296 e. The highest BCUT2D eigenvalue weighted by atomic mass is 32.2. The molecule has 1 fully saturated rings. The smallest absolute Gasteiger partial charge is 0.296 e. The predicted octanol–water partition coefficient (Wildman–Crippen LogP) is 2.06. The van der Waals surface area contributed by atoms with Crippen molar-refractivity contribution in [2.45, 2.75) is 52.7 Å². The average molecular weight is 493 g/mol. The molecule has 1 aromatic heterocycles. The summed E-state index contributed by atoms with van der Waals surface area (Å²) in [4.78, 5) is 30.4. The summed E-state index contributed by atoms with van der Waals surface area (Å²) in [5.41, 5.74) is -1.58. The molecule has 1 aromatic carbocycles. The molecule has 2 bridgehead atoms. The van der Waals surface area contributed by atoms with Gasteiger partial charge in [0.15, 0.2) is 5.69 Å². The van der Waals surface area contributed by atoms with Crippen LogP contribution < -0.4 is 15.6 Å². The van der Waals surface area contributed by atoms with Crippen LogP contribution in [-0.2, 0) is 23.1 Å². The van der Waals surface area contributed by atoms with Gasteiger partial charge in [0.05, 0.1) is 12.3 Å². The first-order chi connectivity index (χ1) is 15.7. The van der Waals surface area contributed by atoms with Crippen LogP contribution in [-0.4, -0.2) is 35.2 Å². The Morgan fingerprint density at radius 2 is 1.91 bits per heavy atom. The Morgan fingerprint density at radius 1 is 1.26 bits per heavy atom. The summed E-state index contributed by atoms with van der Waals surface area (Å²) in [5.74, 6) is -1.83. The van der Waals surface area contributed by atoms with Crippen molar-refractivity contribution < 1.29 is 22.7 Å². The fraction of sp³-hybridized carbons (Fsp3) is 0.522. The largest absolute Gasteiger partial charge is 0.501 e. The molecule has 3 N–H and O–H groups in total. The van der Waals surface area contributed by atoms with Crippen molar-refractivity contribution in [1.29, 1.82) is 0 Å². The topological polar surface area (TPSA) is 130 Å². The summed E-state index contributed by atoms with van der Waals surface area (Å²) in [6, 6.07) is 4.64. The number of nitrogens with zero attached hydrogens (tertiary/aromatic N) is 2. The van der Waals surface area contributed by atoms with Gasteiger partial charge >= 0.3 is 0 Å².